The van der Waals surface area contributed by atoms with Gasteiger partial charge in [0, 0.05) is 30.5 Å². The minimum absolute atomic E-state index is 0.0308. The second-order valence-electron chi connectivity index (χ2n) is 8.03. The van der Waals surface area contributed by atoms with E-state index in [0.29, 0.717) is 23.5 Å². The molecule has 3 aromatic rings. The number of rotatable bonds is 5. The SMILES string of the molecule is Cc1ccc(COc2ccc(-c3nc(C4CCCC(F)(F)C4)[nH]c3Br)cc2C)nc1. The van der Waals surface area contributed by atoms with Crippen LogP contribution in [0.1, 0.15) is 54.2 Å². The largest absolute Gasteiger partial charge is 0.487 e. The molecule has 1 unspecified atom stereocenters. The van der Waals surface area contributed by atoms with Crippen LogP contribution in [0.5, 0.6) is 5.75 Å². The topological polar surface area (TPSA) is 50.8 Å². The lowest BCUT2D eigenvalue weighted by molar-refractivity contribution is -0.0416. The molecule has 0 saturated heterocycles. The normalized spacial score (nSPS) is 18.4. The van der Waals surface area contributed by atoms with Crippen molar-refractivity contribution in [2.24, 2.45) is 0 Å². The standard InChI is InChI=1S/C23H24BrF2N3O/c1-14-5-7-18(27-12-14)13-30-19-8-6-16(10-15(19)2)20-21(24)29-22(28-20)17-4-3-9-23(25,26)11-17/h5-8,10,12,17H,3-4,9,11,13H2,1-2H3,(H,28,29). The zero-order valence-electron chi connectivity index (χ0n) is 17.0. The zero-order valence-corrected chi connectivity index (χ0v) is 18.6. The molecule has 30 heavy (non-hydrogen) atoms. The summed E-state index contributed by atoms with van der Waals surface area (Å²) < 4.78 is 34.3. The van der Waals surface area contributed by atoms with Crippen LogP contribution >= 0.6 is 15.9 Å². The minimum Gasteiger partial charge on any atom is -0.487 e. The molecule has 0 amide bonds. The Hall–Kier alpha value is -2.28. The fourth-order valence-electron chi connectivity index (χ4n) is 3.85. The van der Waals surface area contributed by atoms with Gasteiger partial charge in [0.25, 0.3) is 0 Å². The van der Waals surface area contributed by atoms with Gasteiger partial charge in [-0.2, -0.15) is 0 Å². The number of H-pyrrole nitrogens is 1. The van der Waals surface area contributed by atoms with Crippen LogP contribution in [0.25, 0.3) is 11.3 Å². The number of imidazole rings is 1. The molecule has 0 aliphatic heterocycles. The molecule has 2 heterocycles. The number of halogens is 3. The summed E-state index contributed by atoms with van der Waals surface area (Å²) in [4.78, 5) is 12.2. The third kappa shape index (κ3) is 4.72. The van der Waals surface area contributed by atoms with E-state index in [1.165, 1.54) is 0 Å². The summed E-state index contributed by atoms with van der Waals surface area (Å²) >= 11 is 3.51. The smallest absolute Gasteiger partial charge is 0.248 e. The van der Waals surface area contributed by atoms with Gasteiger partial charge in [-0.05, 0) is 78.0 Å². The van der Waals surface area contributed by atoms with Crippen LogP contribution < -0.4 is 4.74 Å². The van der Waals surface area contributed by atoms with Crippen LogP contribution in [0, 0.1) is 13.8 Å². The molecule has 1 aromatic carbocycles. The van der Waals surface area contributed by atoms with Crippen LogP contribution in [0.3, 0.4) is 0 Å². The Labute approximate surface area is 183 Å². The van der Waals surface area contributed by atoms with Crippen LogP contribution in [0.15, 0.2) is 41.1 Å². The molecule has 1 aliphatic carbocycles. The Balaban J connectivity index is 1.50. The highest BCUT2D eigenvalue weighted by Crippen LogP contribution is 2.42. The maximum Gasteiger partial charge on any atom is 0.248 e. The van der Waals surface area contributed by atoms with Gasteiger partial charge >= 0.3 is 0 Å². The minimum atomic E-state index is -2.61. The highest BCUT2D eigenvalue weighted by atomic mass is 79.9. The van der Waals surface area contributed by atoms with Crippen LogP contribution in [-0.2, 0) is 6.61 Å². The molecular weight excluding hydrogens is 452 g/mol. The highest BCUT2D eigenvalue weighted by molar-refractivity contribution is 9.10. The lowest BCUT2D eigenvalue weighted by Gasteiger charge is -2.27. The molecule has 2 aromatic heterocycles. The van der Waals surface area contributed by atoms with Crippen molar-refractivity contribution in [1.82, 2.24) is 15.0 Å². The fourth-order valence-corrected chi connectivity index (χ4v) is 4.37. The van der Waals surface area contributed by atoms with Gasteiger partial charge in [-0.1, -0.05) is 6.07 Å². The van der Waals surface area contributed by atoms with E-state index in [-0.39, 0.29) is 18.8 Å². The summed E-state index contributed by atoms with van der Waals surface area (Å²) in [5.41, 5.74) is 4.59. The summed E-state index contributed by atoms with van der Waals surface area (Å²) in [5.74, 6) is -1.45. The van der Waals surface area contributed by atoms with E-state index in [9.17, 15) is 8.78 Å². The van der Waals surface area contributed by atoms with Crippen molar-refractivity contribution in [2.75, 3.05) is 0 Å². The molecule has 4 nitrogen and oxygen atoms in total. The number of aromatic amines is 1. The Morgan fingerprint density at radius 1 is 1.23 bits per heavy atom. The average molecular weight is 476 g/mol. The monoisotopic (exact) mass is 475 g/mol. The number of aromatic nitrogens is 3. The predicted molar refractivity (Wildman–Crippen MR) is 116 cm³/mol. The molecular formula is C23H24BrF2N3O. The Morgan fingerprint density at radius 3 is 2.77 bits per heavy atom. The number of pyridine rings is 1. The molecule has 158 valence electrons. The predicted octanol–water partition coefficient (Wildman–Crippen LogP) is 6.72. The third-order valence-electron chi connectivity index (χ3n) is 5.50. The fraction of sp³-hybridized carbons (Fsp3) is 0.391. The Bertz CT molecular complexity index is 1030. The van der Waals surface area contributed by atoms with Crippen molar-refractivity contribution in [3.05, 3.63) is 63.8 Å². The van der Waals surface area contributed by atoms with Gasteiger partial charge in [0.05, 0.1) is 5.69 Å². The first-order chi connectivity index (χ1) is 14.3. The summed E-state index contributed by atoms with van der Waals surface area (Å²) in [5, 5.41) is 0. The van der Waals surface area contributed by atoms with E-state index in [1.807, 2.05) is 50.4 Å². The van der Waals surface area contributed by atoms with Crippen molar-refractivity contribution in [3.63, 3.8) is 0 Å². The number of hydrogen-bond acceptors (Lipinski definition) is 3. The van der Waals surface area contributed by atoms with E-state index >= 15 is 0 Å². The first-order valence-corrected chi connectivity index (χ1v) is 10.9. The lowest BCUT2D eigenvalue weighted by atomic mass is 9.86. The van der Waals surface area contributed by atoms with Crippen LogP contribution in [-0.4, -0.2) is 20.9 Å². The van der Waals surface area contributed by atoms with Crippen molar-refractivity contribution < 1.29 is 13.5 Å². The number of aryl methyl sites for hydroxylation is 2. The quantitative estimate of drug-likeness (QED) is 0.445. The van der Waals surface area contributed by atoms with E-state index in [0.717, 1.165) is 40.2 Å². The number of ether oxygens (including phenoxy) is 1. The molecule has 1 fully saturated rings. The first kappa shape index (κ1) is 21.0. The van der Waals surface area contributed by atoms with Crippen molar-refractivity contribution in [2.45, 2.75) is 58.0 Å². The second kappa shape index (κ2) is 8.46. The maximum atomic E-state index is 13.8. The van der Waals surface area contributed by atoms with Crippen molar-refractivity contribution in [3.8, 4) is 17.0 Å². The third-order valence-corrected chi connectivity index (χ3v) is 6.08. The van der Waals surface area contributed by atoms with Gasteiger partial charge in [0.15, 0.2) is 0 Å². The van der Waals surface area contributed by atoms with E-state index in [4.69, 9.17) is 4.74 Å². The highest BCUT2D eigenvalue weighted by Gasteiger charge is 2.38. The van der Waals surface area contributed by atoms with Crippen LogP contribution in [0.2, 0.25) is 0 Å². The number of nitrogens with one attached hydrogen (secondary N) is 1. The molecule has 1 saturated carbocycles. The maximum absolute atomic E-state index is 13.8. The molecule has 0 bridgehead atoms. The van der Waals surface area contributed by atoms with E-state index in [2.05, 4.69) is 30.9 Å². The van der Waals surface area contributed by atoms with E-state index < -0.39 is 5.92 Å². The second-order valence-corrected chi connectivity index (χ2v) is 8.82. The number of nitrogens with zero attached hydrogens (tertiary/aromatic N) is 2. The van der Waals surface area contributed by atoms with Gasteiger partial charge < -0.3 is 9.72 Å². The molecule has 4 rings (SSSR count). The summed E-state index contributed by atoms with van der Waals surface area (Å²) in [6.07, 6.45) is 2.89. The van der Waals surface area contributed by atoms with Gasteiger partial charge in [0.1, 0.15) is 28.5 Å². The van der Waals surface area contributed by atoms with Crippen molar-refractivity contribution in [1.29, 1.82) is 0 Å². The van der Waals surface area contributed by atoms with Gasteiger partial charge in [-0.25, -0.2) is 13.8 Å². The number of alkyl halides is 2. The molecule has 0 radical (unpaired) electrons. The molecule has 1 atom stereocenters. The average Bonchev–Trinajstić information content (AvgIpc) is 3.09. The molecule has 1 aliphatic rings. The lowest BCUT2D eigenvalue weighted by Crippen LogP contribution is -2.25. The summed E-state index contributed by atoms with van der Waals surface area (Å²) in [6, 6.07) is 9.81. The Kier molecular flexibility index (Phi) is 5.91. The number of benzene rings is 1. The summed E-state index contributed by atoms with van der Waals surface area (Å²) in [6.45, 7) is 4.37. The van der Waals surface area contributed by atoms with Gasteiger partial charge in [0.2, 0.25) is 5.92 Å². The first-order valence-electron chi connectivity index (χ1n) is 10.1. The van der Waals surface area contributed by atoms with Crippen LogP contribution in [0.4, 0.5) is 8.78 Å². The Morgan fingerprint density at radius 2 is 2.07 bits per heavy atom. The summed E-state index contributed by atoms with van der Waals surface area (Å²) in [7, 11) is 0. The van der Waals surface area contributed by atoms with Gasteiger partial charge in [-0.3, -0.25) is 4.98 Å². The van der Waals surface area contributed by atoms with Gasteiger partial charge in [-0.15, -0.1) is 0 Å². The zero-order chi connectivity index (χ0) is 21.3. The van der Waals surface area contributed by atoms with E-state index in [1.54, 1.807) is 0 Å². The number of hydrogen-bond donors (Lipinski definition) is 1. The molecule has 0 spiro atoms. The molecule has 1 N–H and O–H groups in total. The molecule has 7 heteroatoms. The van der Waals surface area contributed by atoms with Crippen molar-refractivity contribution >= 4 is 15.9 Å².